The molecule has 0 amide bonds. The third kappa shape index (κ3) is 51.4. The number of esters is 2. The maximum absolute atomic E-state index is 12.6. The monoisotopic (exact) mass is 950 g/mol. The van der Waals surface area contributed by atoms with E-state index in [2.05, 4.69) is 141 Å². The minimum absolute atomic E-state index is 0.0357. The van der Waals surface area contributed by atoms with Crippen LogP contribution >= 0.6 is 7.82 Å². The summed E-state index contributed by atoms with van der Waals surface area (Å²) in [7, 11) is -4.41. The summed E-state index contributed by atoms with van der Waals surface area (Å²) in [6.45, 7) is 3.42. The zero-order valence-electron chi connectivity index (χ0n) is 41.8. The van der Waals surface area contributed by atoms with Crippen LogP contribution < -0.4 is 5.73 Å². The van der Waals surface area contributed by atoms with E-state index in [1.165, 1.54) is 38.5 Å². The van der Waals surface area contributed by atoms with Crippen LogP contribution in [0.1, 0.15) is 181 Å². The predicted octanol–water partition coefficient (Wildman–Crippen LogP) is 15.8. The third-order valence-corrected chi connectivity index (χ3v) is 11.0. The average molecular weight is 950 g/mol. The number of allylic oxidation sites excluding steroid dienone is 22. The molecule has 0 aliphatic heterocycles. The van der Waals surface area contributed by atoms with Crippen LogP contribution in [0.5, 0.6) is 0 Å². The molecule has 3 N–H and O–H groups in total. The molecule has 2 atom stereocenters. The Morgan fingerprint density at radius 1 is 0.448 bits per heavy atom. The normalized spacial score (nSPS) is 14.3. The van der Waals surface area contributed by atoms with Crippen LogP contribution in [-0.4, -0.2) is 49.3 Å². The highest BCUT2D eigenvalue weighted by Crippen LogP contribution is 2.43. The molecule has 67 heavy (non-hydrogen) atoms. The summed E-state index contributed by atoms with van der Waals surface area (Å²) < 4.78 is 32.9. The fourth-order valence-corrected chi connectivity index (χ4v) is 7.09. The van der Waals surface area contributed by atoms with Gasteiger partial charge in [-0.2, -0.15) is 0 Å². The van der Waals surface area contributed by atoms with E-state index in [-0.39, 0.29) is 32.6 Å². The van der Waals surface area contributed by atoms with Gasteiger partial charge in [0, 0.05) is 19.4 Å². The van der Waals surface area contributed by atoms with Crippen molar-refractivity contribution in [2.24, 2.45) is 5.73 Å². The molecule has 0 aromatic carbocycles. The molecular weight excluding hydrogens is 858 g/mol. The summed E-state index contributed by atoms with van der Waals surface area (Å²) in [5.41, 5.74) is 5.36. The van der Waals surface area contributed by atoms with Gasteiger partial charge in [-0.05, 0) is 103 Å². The SMILES string of the molecule is CC/C=C\C/C=C\C/C=C\C/C=C\C/C=C\C/C=C\C/C=C\CCCC(=O)OC(COC(=O)CCCCCCCCCCCC/C=C\C/C=C\C/C=C\C/C=C\CC)COP(=O)(O)OCCN. The van der Waals surface area contributed by atoms with Gasteiger partial charge < -0.3 is 20.1 Å². The molecule has 0 rings (SSSR count). The van der Waals surface area contributed by atoms with Crippen LogP contribution in [0.3, 0.4) is 0 Å². The Labute approximate surface area is 408 Å². The Morgan fingerprint density at radius 2 is 0.791 bits per heavy atom. The van der Waals surface area contributed by atoms with E-state index in [1.54, 1.807) is 0 Å². The Morgan fingerprint density at radius 3 is 1.19 bits per heavy atom. The molecule has 2 unspecified atom stereocenters. The molecule has 0 saturated carbocycles. The number of hydrogen-bond acceptors (Lipinski definition) is 8. The van der Waals surface area contributed by atoms with Crippen LogP contribution in [0.4, 0.5) is 0 Å². The van der Waals surface area contributed by atoms with Gasteiger partial charge in [0.15, 0.2) is 6.10 Å². The third-order valence-electron chi connectivity index (χ3n) is 10.0. The average Bonchev–Trinajstić information content (AvgIpc) is 3.32. The molecule has 0 aromatic rings. The molecule has 0 aromatic heterocycles. The number of unbranched alkanes of at least 4 members (excludes halogenated alkanes) is 11. The standard InChI is InChI=1S/C57H92NO8P/c1-3-5-7-9-11-13-15-17-19-21-23-25-27-29-31-33-35-37-39-41-43-45-47-49-56(59)63-53-55(54-65-67(61,62)64-52-51-58)66-57(60)50-48-46-44-42-40-38-36-34-32-30-28-26-24-22-20-18-16-14-12-10-8-6-4-2/h5-8,11-14,17-20,23-26,30,32,36,38,42,44,55H,3-4,9-10,15-16,21-22,27-29,31,33-35,37,39-41,43,45-54,58H2,1-2H3,(H,61,62)/b7-5-,8-6-,13-11-,14-12-,19-17-,20-18-,25-23-,26-24-,32-30-,38-36-,44-42-. The molecule has 0 spiro atoms. The molecule has 0 radical (unpaired) electrons. The van der Waals surface area contributed by atoms with Crippen LogP contribution in [0.2, 0.25) is 0 Å². The number of carbonyl (C=O) groups is 2. The van der Waals surface area contributed by atoms with Crippen molar-refractivity contribution in [2.45, 2.75) is 187 Å². The summed E-state index contributed by atoms with van der Waals surface area (Å²) in [4.78, 5) is 35.1. The minimum Gasteiger partial charge on any atom is -0.462 e. The van der Waals surface area contributed by atoms with Crippen molar-refractivity contribution in [3.8, 4) is 0 Å². The van der Waals surface area contributed by atoms with E-state index in [4.69, 9.17) is 24.3 Å². The van der Waals surface area contributed by atoms with Gasteiger partial charge in [-0.3, -0.25) is 18.6 Å². The van der Waals surface area contributed by atoms with Crippen molar-refractivity contribution < 1.29 is 37.6 Å². The van der Waals surface area contributed by atoms with Crippen LogP contribution in [0.25, 0.3) is 0 Å². The van der Waals surface area contributed by atoms with E-state index >= 15 is 0 Å². The van der Waals surface area contributed by atoms with Gasteiger partial charge in [0.1, 0.15) is 6.61 Å². The van der Waals surface area contributed by atoms with Crippen molar-refractivity contribution in [3.05, 3.63) is 134 Å². The van der Waals surface area contributed by atoms with Crippen molar-refractivity contribution in [1.82, 2.24) is 0 Å². The Bertz CT molecular complexity index is 1550. The predicted molar refractivity (Wildman–Crippen MR) is 284 cm³/mol. The maximum atomic E-state index is 12.6. The second-order valence-corrected chi connectivity index (χ2v) is 17.7. The lowest BCUT2D eigenvalue weighted by Crippen LogP contribution is -2.29. The van der Waals surface area contributed by atoms with Gasteiger partial charge in [0.2, 0.25) is 0 Å². The number of phosphoric ester groups is 1. The zero-order valence-corrected chi connectivity index (χ0v) is 42.7. The summed E-state index contributed by atoms with van der Waals surface area (Å²) >= 11 is 0. The van der Waals surface area contributed by atoms with Gasteiger partial charge in [0.05, 0.1) is 13.2 Å². The smallest absolute Gasteiger partial charge is 0.462 e. The fraction of sp³-hybridized carbons (Fsp3) is 0.579. The highest BCUT2D eigenvalue weighted by atomic mass is 31.2. The van der Waals surface area contributed by atoms with Crippen LogP contribution in [0, 0.1) is 0 Å². The molecule has 0 aliphatic carbocycles. The maximum Gasteiger partial charge on any atom is 0.472 e. The lowest BCUT2D eigenvalue weighted by atomic mass is 10.1. The van der Waals surface area contributed by atoms with Gasteiger partial charge in [-0.1, -0.05) is 199 Å². The first kappa shape index (κ1) is 63.1. The van der Waals surface area contributed by atoms with E-state index in [1.807, 2.05) is 6.08 Å². The Hall–Kier alpha value is -3.85. The van der Waals surface area contributed by atoms with Gasteiger partial charge in [-0.15, -0.1) is 0 Å². The van der Waals surface area contributed by atoms with Crippen molar-refractivity contribution in [1.29, 1.82) is 0 Å². The summed E-state index contributed by atoms with van der Waals surface area (Å²) in [6.07, 6.45) is 72.1. The van der Waals surface area contributed by atoms with E-state index in [0.29, 0.717) is 19.3 Å². The molecule has 378 valence electrons. The van der Waals surface area contributed by atoms with Crippen LogP contribution in [0.15, 0.2) is 134 Å². The zero-order chi connectivity index (χ0) is 48.8. The largest absolute Gasteiger partial charge is 0.472 e. The molecule has 0 bridgehead atoms. The number of ether oxygens (including phenoxy) is 2. The molecule has 0 saturated heterocycles. The number of hydrogen-bond donors (Lipinski definition) is 2. The molecule has 9 nitrogen and oxygen atoms in total. The molecule has 0 fully saturated rings. The second kappa shape index (κ2) is 51.5. The van der Waals surface area contributed by atoms with E-state index in [9.17, 15) is 19.0 Å². The molecular formula is C57H92NO8P. The van der Waals surface area contributed by atoms with Gasteiger partial charge >= 0.3 is 19.8 Å². The Kier molecular flexibility index (Phi) is 48.6. The minimum atomic E-state index is -4.41. The highest BCUT2D eigenvalue weighted by molar-refractivity contribution is 7.47. The van der Waals surface area contributed by atoms with E-state index < -0.39 is 32.5 Å². The Balaban J connectivity index is 4.20. The summed E-state index contributed by atoms with van der Waals surface area (Å²) in [5, 5.41) is 0. The molecule has 10 heteroatoms. The highest BCUT2D eigenvalue weighted by Gasteiger charge is 2.26. The van der Waals surface area contributed by atoms with Gasteiger partial charge in [0.25, 0.3) is 0 Å². The first-order chi connectivity index (χ1) is 32.8. The lowest BCUT2D eigenvalue weighted by Gasteiger charge is -2.19. The number of carbonyl (C=O) groups excluding carboxylic acids is 2. The molecule has 0 heterocycles. The number of nitrogens with two attached hydrogens (primary N) is 1. The number of phosphoric acid groups is 1. The molecule has 0 aliphatic rings. The van der Waals surface area contributed by atoms with Crippen molar-refractivity contribution >= 4 is 19.8 Å². The lowest BCUT2D eigenvalue weighted by molar-refractivity contribution is -0.161. The quantitative estimate of drug-likeness (QED) is 0.0265. The van der Waals surface area contributed by atoms with E-state index in [0.717, 1.165) is 96.3 Å². The fourth-order valence-electron chi connectivity index (χ4n) is 6.32. The van der Waals surface area contributed by atoms with Crippen molar-refractivity contribution in [2.75, 3.05) is 26.4 Å². The second-order valence-electron chi connectivity index (χ2n) is 16.3. The number of rotatable bonds is 46. The van der Waals surface area contributed by atoms with Gasteiger partial charge in [-0.25, -0.2) is 4.57 Å². The summed E-state index contributed by atoms with van der Waals surface area (Å²) in [6, 6.07) is 0. The van der Waals surface area contributed by atoms with Crippen molar-refractivity contribution in [3.63, 3.8) is 0 Å². The first-order valence-electron chi connectivity index (χ1n) is 25.7. The first-order valence-corrected chi connectivity index (χ1v) is 27.2. The topological polar surface area (TPSA) is 134 Å². The van der Waals surface area contributed by atoms with Crippen LogP contribution in [-0.2, 0) is 32.7 Å². The summed E-state index contributed by atoms with van der Waals surface area (Å²) in [5.74, 6) is -0.914.